The number of unbranched alkanes of at least 4 members (excludes halogenated alkanes) is 3. The SMILES string of the molecule is CC/C=C/CCCCCN=C([O-])/C=C/C(=O)O.[Na+]. The van der Waals surface area contributed by atoms with Crippen LogP contribution in [0.25, 0.3) is 0 Å². The Kier molecular flexibility index (Phi) is 15.9. The fourth-order valence-electron chi connectivity index (χ4n) is 1.22. The molecule has 0 fully saturated rings. The minimum absolute atomic E-state index is 0. The molecule has 0 aromatic carbocycles. The minimum atomic E-state index is -1.13. The Morgan fingerprint density at radius 2 is 1.94 bits per heavy atom. The van der Waals surface area contributed by atoms with E-state index in [0.29, 0.717) is 6.54 Å². The van der Waals surface area contributed by atoms with E-state index in [-0.39, 0.29) is 29.6 Å². The molecule has 96 valence electrons. The van der Waals surface area contributed by atoms with Gasteiger partial charge in [-0.2, -0.15) is 0 Å². The molecule has 0 bridgehead atoms. The Bertz CT molecular complexity index is 299. The smallest absolute Gasteiger partial charge is 0.859 e. The topological polar surface area (TPSA) is 72.7 Å². The number of carbonyl (C=O) groups is 1. The first-order chi connectivity index (χ1) is 8.16. The van der Waals surface area contributed by atoms with Crippen molar-refractivity contribution in [2.45, 2.75) is 39.0 Å². The molecule has 0 heterocycles. The second-order valence-corrected chi connectivity index (χ2v) is 3.62. The number of hydrogen-bond acceptors (Lipinski definition) is 3. The molecule has 0 amide bonds. The van der Waals surface area contributed by atoms with Gasteiger partial charge in [0.25, 0.3) is 0 Å². The molecule has 0 aromatic heterocycles. The quantitative estimate of drug-likeness (QED) is 0.143. The van der Waals surface area contributed by atoms with Crippen LogP contribution < -0.4 is 34.7 Å². The molecule has 0 rings (SSSR count). The number of aliphatic imine (C=N–C) groups is 1. The van der Waals surface area contributed by atoms with Crippen LogP contribution in [-0.2, 0) is 4.79 Å². The third kappa shape index (κ3) is 15.4. The van der Waals surface area contributed by atoms with Gasteiger partial charge in [-0.15, -0.1) is 0 Å². The van der Waals surface area contributed by atoms with Gasteiger partial charge >= 0.3 is 35.5 Å². The largest absolute Gasteiger partial charge is 1.00 e. The van der Waals surface area contributed by atoms with Crippen molar-refractivity contribution in [3.8, 4) is 0 Å². The van der Waals surface area contributed by atoms with Crippen LogP contribution in [0.5, 0.6) is 0 Å². The van der Waals surface area contributed by atoms with Crippen LogP contribution in [0.15, 0.2) is 29.3 Å². The van der Waals surface area contributed by atoms with Crippen molar-refractivity contribution in [1.82, 2.24) is 0 Å². The molecule has 18 heavy (non-hydrogen) atoms. The van der Waals surface area contributed by atoms with Gasteiger partial charge in [-0.25, -0.2) is 4.79 Å². The summed E-state index contributed by atoms with van der Waals surface area (Å²) in [6, 6.07) is 0. The fourth-order valence-corrected chi connectivity index (χ4v) is 1.22. The molecule has 0 unspecified atom stereocenters. The van der Waals surface area contributed by atoms with E-state index in [1.54, 1.807) is 0 Å². The molecule has 4 nitrogen and oxygen atoms in total. The van der Waals surface area contributed by atoms with Gasteiger partial charge in [0, 0.05) is 12.6 Å². The maximum absolute atomic E-state index is 11.0. The molecule has 5 heteroatoms. The van der Waals surface area contributed by atoms with E-state index >= 15 is 0 Å². The first-order valence-electron chi connectivity index (χ1n) is 5.94. The average Bonchev–Trinajstić information content (AvgIpc) is 2.30. The van der Waals surface area contributed by atoms with Crippen LogP contribution in [0.1, 0.15) is 39.0 Å². The molecule has 0 spiro atoms. The van der Waals surface area contributed by atoms with E-state index < -0.39 is 11.9 Å². The van der Waals surface area contributed by atoms with Crippen LogP contribution in [-0.4, -0.2) is 23.5 Å². The molecule has 0 aliphatic heterocycles. The Morgan fingerprint density at radius 3 is 2.56 bits per heavy atom. The summed E-state index contributed by atoms with van der Waals surface area (Å²) in [5.41, 5.74) is 0. The van der Waals surface area contributed by atoms with Gasteiger partial charge in [-0.05, 0) is 37.7 Å². The molecule has 0 aromatic rings. The molecule has 0 saturated carbocycles. The average molecular weight is 261 g/mol. The van der Waals surface area contributed by atoms with Crippen LogP contribution >= 0.6 is 0 Å². The Morgan fingerprint density at radius 1 is 1.22 bits per heavy atom. The van der Waals surface area contributed by atoms with Gasteiger partial charge in [0.05, 0.1) is 0 Å². The van der Waals surface area contributed by atoms with Gasteiger partial charge in [-0.3, -0.25) is 0 Å². The summed E-state index contributed by atoms with van der Waals surface area (Å²) in [6.07, 6.45) is 11.2. The van der Waals surface area contributed by atoms with E-state index in [4.69, 9.17) is 5.11 Å². The molecule has 0 aliphatic carbocycles. The monoisotopic (exact) mass is 261 g/mol. The molecule has 0 saturated heterocycles. The summed E-state index contributed by atoms with van der Waals surface area (Å²) in [5.74, 6) is -1.60. The van der Waals surface area contributed by atoms with Crippen LogP contribution in [0.2, 0.25) is 0 Å². The van der Waals surface area contributed by atoms with E-state index in [9.17, 15) is 9.90 Å². The fraction of sp³-hybridized carbons (Fsp3) is 0.538. The third-order valence-electron chi connectivity index (χ3n) is 2.07. The van der Waals surface area contributed by atoms with Gasteiger partial charge in [0.2, 0.25) is 0 Å². The number of carboxylic acids is 1. The van der Waals surface area contributed by atoms with E-state index in [1.807, 2.05) is 0 Å². The number of allylic oxidation sites excluding steroid dienone is 2. The van der Waals surface area contributed by atoms with E-state index in [0.717, 1.165) is 44.3 Å². The van der Waals surface area contributed by atoms with Gasteiger partial charge in [-0.1, -0.05) is 25.5 Å². The molecule has 0 radical (unpaired) electrons. The maximum Gasteiger partial charge on any atom is 1.00 e. The predicted molar refractivity (Wildman–Crippen MR) is 67.0 cm³/mol. The Hall–Kier alpha value is -0.580. The van der Waals surface area contributed by atoms with Crippen LogP contribution in [0, 0.1) is 0 Å². The number of carboxylic acid groups (broad SMARTS) is 1. The molecule has 1 N–H and O–H groups in total. The zero-order valence-electron chi connectivity index (χ0n) is 11.3. The molecule has 0 atom stereocenters. The van der Waals surface area contributed by atoms with Crippen LogP contribution in [0.4, 0.5) is 0 Å². The van der Waals surface area contributed by atoms with Gasteiger partial charge in [0.15, 0.2) is 0 Å². The summed E-state index contributed by atoms with van der Waals surface area (Å²) in [6.45, 7) is 2.58. The Labute approximate surface area is 131 Å². The first kappa shape index (κ1) is 19.8. The maximum atomic E-state index is 11.0. The van der Waals surface area contributed by atoms with Crippen molar-refractivity contribution < 1.29 is 44.6 Å². The normalized spacial score (nSPS) is 11.9. The van der Waals surface area contributed by atoms with Crippen LogP contribution in [0.3, 0.4) is 0 Å². The molecular weight excluding hydrogens is 241 g/mol. The number of hydrogen-bond donors (Lipinski definition) is 1. The van der Waals surface area contributed by atoms with Crippen molar-refractivity contribution in [3.05, 3.63) is 24.3 Å². The van der Waals surface area contributed by atoms with Crippen molar-refractivity contribution in [3.63, 3.8) is 0 Å². The summed E-state index contributed by atoms with van der Waals surface area (Å²) in [4.78, 5) is 13.8. The second kappa shape index (κ2) is 14.5. The first-order valence-corrected chi connectivity index (χ1v) is 5.94. The predicted octanol–water partition coefficient (Wildman–Crippen LogP) is -1.08. The number of nitrogens with zero attached hydrogens (tertiary/aromatic N) is 1. The number of aliphatic carboxylic acids is 1. The number of rotatable bonds is 9. The third-order valence-corrected chi connectivity index (χ3v) is 2.07. The van der Waals surface area contributed by atoms with Crippen molar-refractivity contribution >= 4 is 11.9 Å². The Balaban J connectivity index is 0. The van der Waals surface area contributed by atoms with Gasteiger partial charge in [0.1, 0.15) is 0 Å². The molecule has 0 aliphatic rings. The summed E-state index contributed by atoms with van der Waals surface area (Å²) < 4.78 is 0. The van der Waals surface area contributed by atoms with Crippen molar-refractivity contribution in [2.75, 3.05) is 6.54 Å². The van der Waals surface area contributed by atoms with Crippen molar-refractivity contribution in [1.29, 1.82) is 0 Å². The summed E-state index contributed by atoms with van der Waals surface area (Å²) >= 11 is 0. The second-order valence-electron chi connectivity index (χ2n) is 3.62. The van der Waals surface area contributed by atoms with E-state index in [1.165, 1.54) is 0 Å². The summed E-state index contributed by atoms with van der Waals surface area (Å²) in [5, 5.41) is 19.3. The van der Waals surface area contributed by atoms with E-state index in [2.05, 4.69) is 24.1 Å². The zero-order valence-corrected chi connectivity index (χ0v) is 13.3. The van der Waals surface area contributed by atoms with Gasteiger partial charge < -0.3 is 15.2 Å². The van der Waals surface area contributed by atoms with Crippen molar-refractivity contribution in [2.24, 2.45) is 4.99 Å². The standard InChI is InChI=1S/C13H21NO3.Na/c1-2-3-4-5-6-7-8-11-14-12(15)9-10-13(16)17;/h3-4,9-10H,2,5-8,11H2,1H3,(H,14,15)(H,16,17);/q;+1/p-1/b4-3+,10-9+;. The molecular formula is C13H20NNaO3. The summed E-state index contributed by atoms with van der Waals surface area (Å²) in [7, 11) is 0. The minimum Gasteiger partial charge on any atom is -0.859 e. The zero-order chi connectivity index (χ0) is 12.9.